The van der Waals surface area contributed by atoms with E-state index in [1.54, 1.807) is 6.20 Å². The first-order valence-corrected chi connectivity index (χ1v) is 5.52. The molecule has 4 nitrogen and oxygen atoms in total. The molecule has 0 aromatic carbocycles. The maximum absolute atomic E-state index is 9.13. The minimum atomic E-state index is 0.148. The van der Waals surface area contributed by atoms with E-state index < -0.39 is 0 Å². The lowest BCUT2D eigenvalue weighted by Crippen LogP contribution is -2.27. The number of nitrogens with zero attached hydrogens (tertiary/aromatic N) is 2. The van der Waals surface area contributed by atoms with E-state index in [1.807, 2.05) is 11.6 Å². The summed E-state index contributed by atoms with van der Waals surface area (Å²) < 4.78 is 1.85. The number of halogens is 1. The molecule has 0 saturated heterocycles. The van der Waals surface area contributed by atoms with Gasteiger partial charge >= 0.3 is 0 Å². The van der Waals surface area contributed by atoms with Gasteiger partial charge in [0.1, 0.15) is 11.0 Å². The van der Waals surface area contributed by atoms with Crippen LogP contribution in [0.5, 0.6) is 0 Å². The SMILES string of the molecule is Cn1c(Cl)cnc1CNCC1(CO)CC1. The molecule has 15 heavy (non-hydrogen) atoms. The molecule has 2 rings (SSSR count). The summed E-state index contributed by atoms with van der Waals surface area (Å²) in [6.45, 7) is 1.83. The molecule has 1 aromatic rings. The van der Waals surface area contributed by atoms with Crippen molar-refractivity contribution >= 4 is 11.6 Å². The van der Waals surface area contributed by atoms with Gasteiger partial charge in [0.05, 0.1) is 12.7 Å². The summed E-state index contributed by atoms with van der Waals surface area (Å²) in [5.74, 6) is 0.925. The molecule has 1 heterocycles. The molecule has 1 aliphatic rings. The normalized spacial score (nSPS) is 18.1. The van der Waals surface area contributed by atoms with Crippen molar-refractivity contribution in [1.29, 1.82) is 0 Å². The van der Waals surface area contributed by atoms with Crippen LogP contribution in [0.3, 0.4) is 0 Å². The van der Waals surface area contributed by atoms with E-state index in [0.29, 0.717) is 11.7 Å². The lowest BCUT2D eigenvalue weighted by Gasteiger charge is -2.12. The van der Waals surface area contributed by atoms with Crippen molar-refractivity contribution in [1.82, 2.24) is 14.9 Å². The largest absolute Gasteiger partial charge is 0.396 e. The van der Waals surface area contributed by atoms with Crippen LogP contribution in [0.15, 0.2) is 6.20 Å². The number of aromatic nitrogens is 2. The third kappa shape index (κ3) is 2.33. The highest BCUT2D eigenvalue weighted by molar-refractivity contribution is 6.29. The van der Waals surface area contributed by atoms with Gasteiger partial charge in [0, 0.05) is 25.6 Å². The van der Waals surface area contributed by atoms with Gasteiger partial charge in [0.25, 0.3) is 0 Å². The van der Waals surface area contributed by atoms with Crippen molar-refractivity contribution in [2.75, 3.05) is 13.2 Å². The molecular weight excluding hydrogens is 214 g/mol. The Bertz CT molecular complexity index is 346. The number of aliphatic hydroxyl groups excluding tert-OH is 1. The number of nitrogens with one attached hydrogen (secondary N) is 1. The first-order chi connectivity index (χ1) is 7.17. The van der Waals surface area contributed by atoms with E-state index in [1.165, 1.54) is 0 Å². The summed E-state index contributed by atoms with van der Waals surface area (Å²) in [5.41, 5.74) is 0.148. The number of hydrogen-bond donors (Lipinski definition) is 2. The van der Waals surface area contributed by atoms with Gasteiger partial charge < -0.3 is 15.0 Å². The van der Waals surface area contributed by atoms with Crippen molar-refractivity contribution in [3.8, 4) is 0 Å². The average Bonchev–Trinajstić information content (AvgIpc) is 2.96. The van der Waals surface area contributed by atoms with Gasteiger partial charge in [-0.05, 0) is 12.8 Å². The van der Waals surface area contributed by atoms with Gasteiger partial charge in [-0.3, -0.25) is 0 Å². The topological polar surface area (TPSA) is 50.1 Å². The molecule has 1 fully saturated rings. The Kier molecular flexibility index (Phi) is 3.00. The molecule has 0 amide bonds. The van der Waals surface area contributed by atoms with Gasteiger partial charge in [-0.2, -0.15) is 0 Å². The van der Waals surface area contributed by atoms with E-state index in [2.05, 4.69) is 10.3 Å². The third-order valence-corrected chi connectivity index (χ3v) is 3.45. The van der Waals surface area contributed by atoms with E-state index in [9.17, 15) is 0 Å². The van der Waals surface area contributed by atoms with Gasteiger partial charge in [-0.25, -0.2) is 4.98 Å². The number of rotatable bonds is 5. The van der Waals surface area contributed by atoms with Gasteiger partial charge in [0.15, 0.2) is 0 Å². The van der Waals surface area contributed by atoms with Crippen molar-refractivity contribution in [3.05, 3.63) is 17.2 Å². The predicted octanol–water partition coefficient (Wildman–Crippen LogP) is 0.936. The summed E-state index contributed by atoms with van der Waals surface area (Å²) in [6, 6.07) is 0. The van der Waals surface area contributed by atoms with E-state index in [-0.39, 0.29) is 12.0 Å². The van der Waals surface area contributed by atoms with Crippen LogP contribution < -0.4 is 5.32 Å². The molecule has 2 N–H and O–H groups in total. The molecular formula is C10H16ClN3O. The van der Waals surface area contributed by atoms with E-state index in [4.69, 9.17) is 16.7 Å². The number of hydrogen-bond acceptors (Lipinski definition) is 3. The zero-order valence-corrected chi connectivity index (χ0v) is 9.59. The molecule has 0 spiro atoms. The Morgan fingerprint density at radius 1 is 1.67 bits per heavy atom. The van der Waals surface area contributed by atoms with E-state index in [0.717, 1.165) is 25.2 Å². The molecule has 0 unspecified atom stereocenters. The zero-order chi connectivity index (χ0) is 10.9. The van der Waals surface area contributed by atoms with Crippen LogP contribution >= 0.6 is 11.6 Å². The second kappa shape index (κ2) is 4.12. The third-order valence-electron chi connectivity index (χ3n) is 3.10. The number of aliphatic hydroxyl groups is 1. The molecule has 0 atom stereocenters. The molecule has 0 radical (unpaired) electrons. The first kappa shape index (κ1) is 10.9. The van der Waals surface area contributed by atoms with E-state index >= 15 is 0 Å². The lowest BCUT2D eigenvalue weighted by atomic mass is 10.1. The quantitative estimate of drug-likeness (QED) is 0.790. The monoisotopic (exact) mass is 229 g/mol. The average molecular weight is 230 g/mol. The summed E-state index contributed by atoms with van der Waals surface area (Å²) in [5, 5.41) is 13.1. The van der Waals surface area contributed by atoms with Crippen LogP contribution in [-0.4, -0.2) is 27.8 Å². The molecule has 1 aromatic heterocycles. The van der Waals surface area contributed by atoms with Gasteiger partial charge in [0.2, 0.25) is 0 Å². The van der Waals surface area contributed by atoms with Crippen LogP contribution in [0.2, 0.25) is 5.15 Å². The van der Waals surface area contributed by atoms with Gasteiger partial charge in [-0.15, -0.1) is 0 Å². The lowest BCUT2D eigenvalue weighted by molar-refractivity contribution is 0.207. The Labute approximate surface area is 94.3 Å². The Morgan fingerprint density at radius 3 is 2.87 bits per heavy atom. The Hall–Kier alpha value is -0.580. The molecule has 1 saturated carbocycles. The molecule has 5 heteroatoms. The second-order valence-corrected chi connectivity index (χ2v) is 4.71. The Morgan fingerprint density at radius 2 is 2.40 bits per heavy atom. The second-order valence-electron chi connectivity index (χ2n) is 4.32. The molecule has 1 aliphatic carbocycles. The van der Waals surface area contributed by atoms with Crippen molar-refractivity contribution in [2.24, 2.45) is 12.5 Å². The van der Waals surface area contributed by atoms with Crippen LogP contribution in [0.4, 0.5) is 0 Å². The summed E-state index contributed by atoms with van der Waals surface area (Å²) in [7, 11) is 1.89. The van der Waals surface area contributed by atoms with Crippen molar-refractivity contribution < 1.29 is 5.11 Å². The standard InChI is InChI=1S/C10H16ClN3O/c1-14-8(11)4-13-9(14)5-12-6-10(7-15)2-3-10/h4,12,15H,2-3,5-7H2,1H3. The summed E-state index contributed by atoms with van der Waals surface area (Å²) in [4.78, 5) is 4.19. The fourth-order valence-electron chi connectivity index (χ4n) is 1.60. The van der Waals surface area contributed by atoms with Gasteiger partial charge in [-0.1, -0.05) is 11.6 Å². The minimum Gasteiger partial charge on any atom is -0.396 e. The minimum absolute atomic E-state index is 0.148. The first-order valence-electron chi connectivity index (χ1n) is 5.14. The maximum Gasteiger partial charge on any atom is 0.128 e. The maximum atomic E-state index is 9.13. The Balaban J connectivity index is 1.81. The highest BCUT2D eigenvalue weighted by atomic mass is 35.5. The fraction of sp³-hybridized carbons (Fsp3) is 0.700. The smallest absolute Gasteiger partial charge is 0.128 e. The molecule has 84 valence electrons. The van der Waals surface area contributed by atoms with Crippen LogP contribution in [-0.2, 0) is 13.6 Å². The highest BCUT2D eigenvalue weighted by Gasteiger charge is 2.41. The highest BCUT2D eigenvalue weighted by Crippen LogP contribution is 2.44. The van der Waals surface area contributed by atoms with Crippen molar-refractivity contribution in [3.63, 3.8) is 0 Å². The molecule has 0 bridgehead atoms. The van der Waals surface area contributed by atoms with Crippen LogP contribution in [0.25, 0.3) is 0 Å². The van der Waals surface area contributed by atoms with Crippen molar-refractivity contribution in [2.45, 2.75) is 19.4 Å². The zero-order valence-electron chi connectivity index (χ0n) is 8.83. The van der Waals surface area contributed by atoms with Crippen LogP contribution in [0.1, 0.15) is 18.7 Å². The molecule has 0 aliphatic heterocycles. The summed E-state index contributed by atoms with van der Waals surface area (Å²) >= 11 is 5.87. The fourth-order valence-corrected chi connectivity index (χ4v) is 1.74. The summed E-state index contributed by atoms with van der Waals surface area (Å²) in [6.07, 6.45) is 3.90. The van der Waals surface area contributed by atoms with Crippen LogP contribution in [0, 0.1) is 5.41 Å². The predicted molar refractivity (Wildman–Crippen MR) is 58.7 cm³/mol. The number of imidazole rings is 1.